The van der Waals surface area contributed by atoms with E-state index >= 15 is 0 Å². The number of hydrogen-bond donors (Lipinski definition) is 0. The van der Waals surface area contributed by atoms with E-state index in [9.17, 15) is 22.8 Å². The summed E-state index contributed by atoms with van der Waals surface area (Å²) in [5, 5.41) is 17.8. The highest BCUT2D eigenvalue weighted by Gasteiger charge is 2.44. The Bertz CT molecular complexity index is 1560. The first-order valence-corrected chi connectivity index (χ1v) is 13.1. The number of rotatable bonds is 3. The molecule has 3 aromatic rings. The van der Waals surface area contributed by atoms with Gasteiger partial charge in [-0.2, -0.15) is 18.4 Å². The molecular weight excluding hydrogens is 541 g/mol. The summed E-state index contributed by atoms with van der Waals surface area (Å²) in [4.78, 5) is 42.7. The number of carbonyl (C=O) groups excluding carboxylic acids is 2. The Balaban J connectivity index is 0.000000493. The molecule has 3 aliphatic rings. The summed E-state index contributed by atoms with van der Waals surface area (Å²) in [6, 6.07) is 13.4. The number of H-pyrrole nitrogens is 1. The molecule has 13 heteroatoms. The molecule has 2 unspecified atom stereocenters. The third-order valence-corrected chi connectivity index (χ3v) is 7.26. The molecule has 1 aromatic carbocycles. The van der Waals surface area contributed by atoms with Crippen LogP contribution < -0.4 is 20.7 Å². The van der Waals surface area contributed by atoms with Crippen LogP contribution in [0.1, 0.15) is 49.5 Å². The molecule has 5 heterocycles. The van der Waals surface area contributed by atoms with Gasteiger partial charge in [0.1, 0.15) is 11.5 Å². The average molecular weight is 573 g/mol. The van der Waals surface area contributed by atoms with Gasteiger partial charge in [-0.05, 0) is 48.6 Å². The van der Waals surface area contributed by atoms with E-state index in [0.717, 1.165) is 36.4 Å². The molecule has 1 N–H and O–H groups in total. The number of amides is 1. The minimum absolute atomic E-state index is 0.00622. The number of nitrogens with zero attached hydrogens (tertiary/aromatic N) is 5. The average Bonchev–Trinajstić information content (AvgIpc) is 3.15. The molecule has 6 rings (SSSR count). The summed E-state index contributed by atoms with van der Waals surface area (Å²) in [5.41, 5.74) is 2.89. The lowest BCUT2D eigenvalue weighted by Gasteiger charge is -2.49. The number of piperazine rings is 1. The van der Waals surface area contributed by atoms with E-state index in [1.165, 1.54) is 0 Å². The zero-order valence-corrected chi connectivity index (χ0v) is 23.2. The normalized spacial score (nSPS) is 18.6. The molecule has 0 radical (unpaired) electrons. The summed E-state index contributed by atoms with van der Waals surface area (Å²) in [6.45, 7) is 8.46. The highest BCUT2D eigenvalue weighted by Crippen LogP contribution is 2.32. The van der Waals surface area contributed by atoms with Crippen molar-refractivity contribution in [3.05, 3.63) is 58.0 Å². The third-order valence-electron chi connectivity index (χ3n) is 7.26. The maximum absolute atomic E-state index is 13.2. The van der Waals surface area contributed by atoms with E-state index in [2.05, 4.69) is 42.8 Å². The van der Waals surface area contributed by atoms with Gasteiger partial charge in [0.05, 0.1) is 43.9 Å². The van der Waals surface area contributed by atoms with Crippen molar-refractivity contribution in [3.63, 3.8) is 0 Å². The van der Waals surface area contributed by atoms with Gasteiger partial charge in [-0.15, -0.1) is 0 Å². The fourth-order valence-corrected chi connectivity index (χ4v) is 5.34. The predicted octanol–water partition coefficient (Wildman–Crippen LogP) is 1.86. The van der Waals surface area contributed by atoms with E-state index in [1.807, 2.05) is 22.6 Å². The number of anilines is 1. The molecule has 2 atom stereocenters. The van der Waals surface area contributed by atoms with Gasteiger partial charge in [-0.1, -0.05) is 20.8 Å². The molecule has 41 heavy (non-hydrogen) atoms. The van der Waals surface area contributed by atoms with Crippen molar-refractivity contribution < 1.29 is 32.9 Å². The highest BCUT2D eigenvalue weighted by molar-refractivity contribution is 5.95. The Kier molecular flexibility index (Phi) is 7.89. The smallest absolute Gasteiger partial charge is 0.430 e. The first-order chi connectivity index (χ1) is 19.1. The summed E-state index contributed by atoms with van der Waals surface area (Å²) < 4.78 is 35.1. The van der Waals surface area contributed by atoms with Crippen molar-refractivity contribution in [2.24, 2.45) is 12.5 Å². The topological polar surface area (TPSA) is 129 Å². The SMILES string of the molecule is Cn1c(=O)n(CC(C)(C)C)c2ccc(N3CC4CCC3CN4C(=O)c3ccc(C#N)cc3)[nH+]c21.O=C([O-])C(F)(F)F. The second-order valence-corrected chi connectivity index (χ2v) is 11.5. The van der Waals surface area contributed by atoms with Gasteiger partial charge in [0.25, 0.3) is 11.6 Å². The van der Waals surface area contributed by atoms with Crippen LogP contribution in [0.5, 0.6) is 0 Å². The Morgan fingerprint density at radius 3 is 2.17 bits per heavy atom. The van der Waals surface area contributed by atoms with Crippen molar-refractivity contribution in [1.29, 1.82) is 5.26 Å². The number of aryl methyl sites for hydroxylation is 1. The summed E-state index contributed by atoms with van der Waals surface area (Å²) in [5.74, 6) is -2.00. The number of carboxylic acids is 1. The van der Waals surface area contributed by atoms with Crippen LogP contribution in [-0.2, 0) is 18.4 Å². The Labute approximate surface area is 234 Å². The molecule has 218 valence electrons. The number of piperidine rings is 2. The number of alkyl halides is 3. The number of nitrogens with one attached hydrogen (secondary N) is 1. The number of aromatic amines is 1. The van der Waals surface area contributed by atoms with Gasteiger partial charge in [0, 0.05) is 18.2 Å². The van der Waals surface area contributed by atoms with Crippen LogP contribution in [0.2, 0.25) is 0 Å². The monoisotopic (exact) mass is 572 g/mol. The van der Waals surface area contributed by atoms with E-state index in [1.54, 1.807) is 28.8 Å². The zero-order valence-electron chi connectivity index (χ0n) is 23.2. The van der Waals surface area contributed by atoms with Crippen molar-refractivity contribution in [2.45, 2.75) is 58.4 Å². The maximum atomic E-state index is 13.2. The number of carboxylic acid groups (broad SMARTS) is 1. The molecule has 3 fully saturated rings. The fourth-order valence-electron chi connectivity index (χ4n) is 5.34. The first-order valence-electron chi connectivity index (χ1n) is 13.1. The van der Waals surface area contributed by atoms with Crippen molar-refractivity contribution in [1.82, 2.24) is 14.0 Å². The van der Waals surface area contributed by atoms with Crippen LogP contribution in [0.3, 0.4) is 0 Å². The van der Waals surface area contributed by atoms with Gasteiger partial charge in [0.15, 0.2) is 0 Å². The van der Waals surface area contributed by atoms with Crippen LogP contribution in [0.25, 0.3) is 11.2 Å². The highest BCUT2D eigenvalue weighted by atomic mass is 19.4. The molecule has 10 nitrogen and oxygen atoms in total. The minimum atomic E-state index is -5.19. The van der Waals surface area contributed by atoms with Crippen LogP contribution in [0.15, 0.2) is 41.2 Å². The lowest BCUT2D eigenvalue weighted by molar-refractivity contribution is -0.344. The van der Waals surface area contributed by atoms with Gasteiger partial charge in [-0.25, -0.2) is 14.3 Å². The third kappa shape index (κ3) is 6.21. The number of nitriles is 1. The lowest BCUT2D eigenvalue weighted by Crippen LogP contribution is -2.64. The van der Waals surface area contributed by atoms with E-state index < -0.39 is 12.1 Å². The van der Waals surface area contributed by atoms with Gasteiger partial charge in [0.2, 0.25) is 5.82 Å². The van der Waals surface area contributed by atoms with E-state index in [-0.39, 0.29) is 29.1 Å². The zero-order chi connectivity index (χ0) is 30.3. The van der Waals surface area contributed by atoms with Crippen molar-refractivity contribution >= 4 is 28.9 Å². The maximum Gasteiger partial charge on any atom is 0.430 e. The van der Waals surface area contributed by atoms with Crippen LogP contribution in [-0.4, -0.2) is 57.3 Å². The largest absolute Gasteiger partial charge is 0.542 e. The molecule has 2 aromatic heterocycles. The molecule has 0 aliphatic carbocycles. The van der Waals surface area contributed by atoms with Crippen molar-refractivity contribution in [2.75, 3.05) is 18.0 Å². The summed E-state index contributed by atoms with van der Waals surface area (Å²) in [6.07, 6.45) is -3.19. The Hall–Kier alpha value is -4.34. The molecule has 3 aliphatic heterocycles. The van der Waals surface area contributed by atoms with Crippen molar-refractivity contribution in [3.8, 4) is 6.07 Å². The van der Waals surface area contributed by atoms with Crippen LogP contribution in [0, 0.1) is 16.7 Å². The number of benzene rings is 1. The minimum Gasteiger partial charge on any atom is -0.542 e. The van der Waals surface area contributed by atoms with Crippen LogP contribution >= 0.6 is 0 Å². The number of imidazole rings is 1. The van der Waals surface area contributed by atoms with Gasteiger partial charge < -0.3 is 14.8 Å². The molecule has 1 amide bonds. The quantitative estimate of drug-likeness (QED) is 0.471. The van der Waals surface area contributed by atoms with E-state index in [4.69, 9.17) is 15.2 Å². The summed E-state index contributed by atoms with van der Waals surface area (Å²) >= 11 is 0. The number of aliphatic carboxylic acids is 1. The predicted molar refractivity (Wildman–Crippen MR) is 141 cm³/mol. The molecule has 3 saturated heterocycles. The first kappa shape index (κ1) is 29.6. The number of carbonyl (C=O) groups is 2. The number of fused-ring (bicyclic) bond motifs is 4. The second-order valence-electron chi connectivity index (χ2n) is 11.5. The number of hydrogen-bond acceptors (Lipinski definition) is 6. The van der Waals surface area contributed by atoms with Gasteiger partial charge >= 0.3 is 11.9 Å². The Morgan fingerprint density at radius 1 is 1.05 bits per heavy atom. The Morgan fingerprint density at radius 2 is 1.66 bits per heavy atom. The molecule has 0 saturated carbocycles. The molecular formula is C28H31F3N6O4. The number of pyridine rings is 1. The van der Waals surface area contributed by atoms with E-state index in [0.29, 0.717) is 24.2 Å². The lowest BCUT2D eigenvalue weighted by atomic mass is 9.90. The number of halogens is 3. The van der Waals surface area contributed by atoms with Crippen LogP contribution in [0.4, 0.5) is 19.0 Å². The van der Waals surface area contributed by atoms with Gasteiger partial charge in [-0.3, -0.25) is 14.3 Å². The number of aromatic nitrogens is 3. The molecule has 0 spiro atoms. The molecule has 2 bridgehead atoms. The second kappa shape index (κ2) is 10.9. The standard InChI is InChI=1S/C26H30N6O2.C2HF3O2/c1-26(2,3)16-32-21-11-12-22(28-23(21)29(4)25(32)34)30-14-20-10-9-19(30)15-31(20)24(33)18-7-5-17(13-27)6-8-18;3-2(4,5)1(6)7/h5-8,11-12,19-20H,9-10,14-16H2,1-4H3;(H,6,7). The fraction of sp³-hybridized carbons (Fsp3) is 0.464. The summed E-state index contributed by atoms with van der Waals surface area (Å²) in [7, 11) is 1.81.